The third kappa shape index (κ3) is 7.88. The Bertz CT molecular complexity index is 751. The first kappa shape index (κ1) is 23.9. The number of hydrogen-bond acceptors (Lipinski definition) is 4. The van der Waals surface area contributed by atoms with Crippen LogP contribution in [0.25, 0.3) is 0 Å². The van der Waals surface area contributed by atoms with E-state index in [1.165, 1.54) is 12.1 Å². The molecule has 0 aromatic heterocycles. The second-order valence-corrected chi connectivity index (χ2v) is 6.88. The zero-order valence-corrected chi connectivity index (χ0v) is 14.2. The highest BCUT2D eigenvalue weighted by atomic mass is 32.2. The van der Waals surface area contributed by atoms with Crippen LogP contribution in [0.1, 0.15) is 10.4 Å². The lowest BCUT2D eigenvalue weighted by Crippen LogP contribution is -2.36. The minimum atomic E-state index is -5.84. The number of aromatic carboxylic acids is 1. The van der Waals surface area contributed by atoms with Crippen molar-refractivity contribution in [1.82, 2.24) is 4.48 Å². The van der Waals surface area contributed by atoms with Gasteiger partial charge in [0.15, 0.2) is 11.4 Å². The Morgan fingerprint density at radius 3 is 1.77 bits per heavy atom. The van der Waals surface area contributed by atoms with E-state index in [4.69, 9.17) is 18.1 Å². The number of alkyl halides is 6. The average Bonchev–Trinajstić information content (AvgIpc) is 2.33. The Labute approximate surface area is 143 Å². The van der Waals surface area contributed by atoms with E-state index in [1.807, 2.05) is 0 Å². The van der Waals surface area contributed by atoms with Crippen LogP contribution in [0.15, 0.2) is 18.2 Å². The van der Waals surface area contributed by atoms with Crippen molar-refractivity contribution in [3.63, 3.8) is 0 Å². The van der Waals surface area contributed by atoms with Crippen molar-refractivity contribution in [2.24, 2.45) is 0 Å². The molecule has 0 spiro atoms. The third-order valence-electron chi connectivity index (χ3n) is 2.45. The van der Waals surface area contributed by atoms with E-state index in [0.29, 0.717) is 0 Å². The molecule has 7 nitrogen and oxygen atoms in total. The van der Waals surface area contributed by atoms with Crippen LogP contribution >= 0.6 is 0 Å². The topological polar surface area (TPSA) is 101 Å². The fourth-order valence-corrected chi connectivity index (χ4v) is 1.41. The molecule has 14 heteroatoms. The molecule has 2 N–H and O–H groups in total. The van der Waals surface area contributed by atoms with Crippen LogP contribution in [0.3, 0.4) is 0 Å². The van der Waals surface area contributed by atoms with Gasteiger partial charge in [-0.2, -0.15) is 21.6 Å². The van der Waals surface area contributed by atoms with Crippen LogP contribution < -0.4 is 9.22 Å². The van der Waals surface area contributed by atoms with Gasteiger partial charge in [-0.1, -0.05) is 0 Å². The van der Waals surface area contributed by atoms with Crippen LogP contribution in [0, 0.1) is 0 Å². The first-order chi connectivity index (χ1) is 11.3. The maximum atomic E-state index is 12.3. The van der Waals surface area contributed by atoms with Crippen molar-refractivity contribution in [2.45, 2.75) is 11.9 Å². The normalized spacial score (nSPS) is 12.8. The fraction of sp³-hybridized carbons (Fsp3) is 0.417. The molecule has 0 saturated carbocycles. The summed E-state index contributed by atoms with van der Waals surface area (Å²) in [7, 11) is -0.885. The van der Waals surface area contributed by atoms with Gasteiger partial charge in [-0.3, -0.25) is 9.04 Å². The van der Waals surface area contributed by atoms with Gasteiger partial charge in [0, 0.05) is 12.1 Å². The van der Waals surface area contributed by atoms with Crippen LogP contribution in [0.5, 0.6) is 5.75 Å². The number of rotatable bonds is 3. The number of ether oxygens (including phenoxy) is 1. The van der Waals surface area contributed by atoms with Crippen molar-refractivity contribution in [3.05, 3.63) is 23.8 Å². The Morgan fingerprint density at radius 1 is 1.08 bits per heavy atom. The van der Waals surface area contributed by atoms with Gasteiger partial charge in [0.25, 0.3) is 0 Å². The molecule has 0 atom stereocenters. The van der Waals surface area contributed by atoms with Crippen LogP contribution in [-0.2, 0) is 10.1 Å². The third-order valence-corrected chi connectivity index (χ3v) is 3.03. The van der Waals surface area contributed by atoms with Crippen LogP contribution in [0.2, 0.25) is 0 Å². The monoisotopic (exact) mass is 414 g/mol. The van der Waals surface area contributed by atoms with Gasteiger partial charge in [0.05, 0.1) is 26.7 Å². The second-order valence-electron chi connectivity index (χ2n) is 5.47. The van der Waals surface area contributed by atoms with Gasteiger partial charge < -0.3 is 9.84 Å². The fourth-order valence-electron chi connectivity index (χ4n) is 1.41. The van der Waals surface area contributed by atoms with Crippen LogP contribution in [0.4, 0.5) is 32.0 Å². The highest BCUT2D eigenvalue weighted by molar-refractivity contribution is 7.86. The Hall–Kier alpha value is -2.06. The van der Waals surface area contributed by atoms with E-state index in [9.17, 15) is 31.1 Å². The summed E-state index contributed by atoms with van der Waals surface area (Å²) in [5.74, 6) is -1.81. The Balaban J connectivity index is 0.000000660. The van der Waals surface area contributed by atoms with E-state index >= 15 is 0 Å². The summed E-state index contributed by atoms with van der Waals surface area (Å²) in [5.41, 5.74) is -5.56. The number of hydrogen-bond donors (Lipinski definition) is 2. The van der Waals surface area contributed by atoms with E-state index in [2.05, 4.69) is 4.74 Å². The molecule has 0 radical (unpaired) electrons. The highest BCUT2D eigenvalue weighted by Crippen LogP contribution is 2.35. The minimum absolute atomic E-state index is 0.0747. The van der Waals surface area contributed by atoms with E-state index in [0.717, 1.165) is 6.07 Å². The lowest BCUT2D eigenvalue weighted by molar-refractivity contribution is -0.274. The number of carboxylic acids is 1. The molecule has 1 aromatic carbocycles. The Morgan fingerprint density at radius 2 is 1.50 bits per heavy atom. The zero-order chi connectivity index (χ0) is 21.1. The first-order valence-corrected chi connectivity index (χ1v) is 7.68. The van der Waals surface area contributed by atoms with Gasteiger partial charge >= 0.3 is 28.0 Å². The van der Waals surface area contributed by atoms with E-state index in [-0.39, 0.29) is 15.7 Å². The quantitative estimate of drug-likeness (QED) is 0.342. The van der Waals surface area contributed by atoms with Crippen molar-refractivity contribution < 1.29 is 54.0 Å². The molecule has 0 aliphatic carbocycles. The van der Waals surface area contributed by atoms with Crippen molar-refractivity contribution in [3.8, 4) is 5.75 Å². The smallest absolute Gasteiger partial charge is 0.478 e. The maximum absolute atomic E-state index is 12.3. The summed E-state index contributed by atoms with van der Waals surface area (Å²) >= 11 is 0. The number of carbonyl (C=O) groups is 1. The van der Waals surface area contributed by atoms with Gasteiger partial charge in [-0.05, 0) is 6.07 Å². The predicted molar refractivity (Wildman–Crippen MR) is 77.3 cm³/mol. The maximum Gasteiger partial charge on any atom is 0.573 e. The number of quaternary nitrogens is 1. The standard InChI is InChI=1S/C11H12F3NO3.CHF3O3S/c1-15(2,3)8-5-4-7(10(16)17)6-9(8)18-11(12,13)14;2-1(3,4)8(5,6)7/h4-6H,1-3H3;(H,5,6,7)/p+1. The summed E-state index contributed by atoms with van der Waals surface area (Å²) in [6, 6.07) is 3.42. The molecular weight excluding hydrogens is 400 g/mol. The van der Waals surface area contributed by atoms with Crippen molar-refractivity contribution in [2.75, 3.05) is 21.1 Å². The molecule has 0 heterocycles. The lowest BCUT2D eigenvalue weighted by atomic mass is 10.1. The molecule has 0 aliphatic rings. The second kappa shape index (κ2) is 7.67. The predicted octanol–water partition coefficient (Wildman–Crippen LogP) is 2.87. The minimum Gasteiger partial charge on any atom is -0.478 e. The molecule has 0 aliphatic heterocycles. The number of nitrogens with zero attached hydrogens (tertiary/aromatic N) is 1. The summed E-state index contributed by atoms with van der Waals surface area (Å²) < 4.78 is 98.3. The van der Waals surface area contributed by atoms with Crippen LogP contribution in [-0.4, -0.2) is 57.1 Å². The molecule has 0 fully saturated rings. The molecule has 1 aromatic rings. The first-order valence-electron chi connectivity index (χ1n) is 6.24. The number of benzene rings is 1. The summed E-state index contributed by atoms with van der Waals surface area (Å²) in [6.45, 7) is 0. The summed E-state index contributed by atoms with van der Waals surface area (Å²) in [5, 5.41) is 8.76. The summed E-state index contributed by atoms with van der Waals surface area (Å²) in [6.07, 6.45) is -4.86. The van der Waals surface area contributed by atoms with Crippen molar-refractivity contribution in [1.29, 1.82) is 0 Å². The average molecular weight is 414 g/mol. The van der Waals surface area contributed by atoms with Gasteiger partial charge in [-0.25, -0.2) is 4.79 Å². The molecule has 0 saturated heterocycles. The molecular formula is C12H14F6NO6S+. The van der Waals surface area contributed by atoms with Gasteiger partial charge in [0.1, 0.15) is 0 Å². The number of halogens is 6. The molecule has 0 unspecified atom stereocenters. The van der Waals surface area contributed by atoms with Crippen molar-refractivity contribution >= 4 is 21.8 Å². The largest absolute Gasteiger partial charge is 0.573 e. The Kier molecular flexibility index (Phi) is 7.06. The van der Waals surface area contributed by atoms with E-state index < -0.39 is 33.7 Å². The molecule has 26 heavy (non-hydrogen) atoms. The molecule has 1 rings (SSSR count). The number of carboxylic acid groups (broad SMARTS) is 1. The lowest BCUT2D eigenvalue weighted by Gasteiger charge is -2.26. The molecule has 150 valence electrons. The zero-order valence-electron chi connectivity index (χ0n) is 13.4. The summed E-state index contributed by atoms with van der Waals surface area (Å²) in [4.78, 5) is 10.7. The van der Waals surface area contributed by atoms with Gasteiger partial charge in [-0.15, -0.1) is 13.2 Å². The SMILES string of the molecule is C[N+](C)(C)c1ccc(C(=O)O)cc1OC(F)(F)F.O=S(=O)(O)C(F)(F)F. The molecule has 0 amide bonds. The molecule has 0 bridgehead atoms. The van der Waals surface area contributed by atoms with E-state index in [1.54, 1.807) is 21.1 Å². The van der Waals surface area contributed by atoms with Gasteiger partial charge in [0.2, 0.25) is 0 Å². The highest BCUT2D eigenvalue weighted by Gasteiger charge is 2.44.